The number of likely N-dealkylation sites (tertiary alicyclic amines) is 1. The van der Waals surface area contributed by atoms with Crippen LogP contribution in [0, 0.1) is 11.7 Å². The van der Waals surface area contributed by atoms with Crippen LogP contribution in [0.25, 0.3) is 0 Å². The smallest absolute Gasteiger partial charge is 0.223 e. The maximum Gasteiger partial charge on any atom is 0.223 e. The first-order valence-electron chi connectivity index (χ1n) is 13.5. The van der Waals surface area contributed by atoms with Crippen molar-refractivity contribution in [1.82, 2.24) is 20.0 Å². The highest BCUT2D eigenvalue weighted by molar-refractivity contribution is 5.79. The molecule has 1 atom stereocenters. The molecular formula is C28H39FN4O. The Hall–Kier alpha value is -2.21. The molecule has 6 heteroatoms. The average Bonchev–Trinajstić information content (AvgIpc) is 3.19. The molecule has 0 radical (unpaired) electrons. The lowest BCUT2D eigenvalue weighted by molar-refractivity contribution is -0.128. The van der Waals surface area contributed by atoms with E-state index in [2.05, 4.69) is 21.8 Å². The van der Waals surface area contributed by atoms with Crippen molar-refractivity contribution in [3.63, 3.8) is 0 Å². The van der Waals surface area contributed by atoms with Gasteiger partial charge in [0.1, 0.15) is 5.82 Å². The zero-order chi connectivity index (χ0) is 23.5. The number of piperidine rings is 1. The second kappa shape index (κ2) is 10.6. The monoisotopic (exact) mass is 466 g/mol. The quantitative estimate of drug-likeness (QED) is 0.586. The van der Waals surface area contributed by atoms with Crippen molar-refractivity contribution >= 4 is 5.91 Å². The number of halogens is 1. The normalized spacial score (nSPS) is 20.5. The molecule has 3 aliphatic rings. The Morgan fingerprint density at radius 3 is 2.68 bits per heavy atom. The predicted molar refractivity (Wildman–Crippen MR) is 132 cm³/mol. The van der Waals surface area contributed by atoms with Crippen LogP contribution in [0.3, 0.4) is 0 Å². The van der Waals surface area contributed by atoms with Gasteiger partial charge in [0.05, 0.1) is 11.7 Å². The number of carbonyl (C=O) groups is 1. The number of nitrogens with zero attached hydrogens (tertiary/aromatic N) is 3. The molecule has 0 bridgehead atoms. The van der Waals surface area contributed by atoms with Crippen molar-refractivity contribution in [3.05, 3.63) is 52.6 Å². The van der Waals surface area contributed by atoms with Gasteiger partial charge < -0.3 is 10.2 Å². The second-order valence-corrected chi connectivity index (χ2v) is 10.5. The van der Waals surface area contributed by atoms with E-state index < -0.39 is 0 Å². The number of aryl methyl sites for hydroxylation is 2. The maximum absolute atomic E-state index is 13.9. The van der Waals surface area contributed by atoms with Crippen LogP contribution >= 0.6 is 0 Å². The maximum atomic E-state index is 13.9. The first-order valence-corrected chi connectivity index (χ1v) is 13.5. The summed E-state index contributed by atoms with van der Waals surface area (Å²) >= 11 is 0. The fraction of sp³-hybridized carbons (Fsp3) is 0.643. The van der Waals surface area contributed by atoms with Crippen LogP contribution in [0.2, 0.25) is 0 Å². The molecule has 0 spiro atoms. The van der Waals surface area contributed by atoms with Gasteiger partial charge in [-0.1, -0.05) is 25.5 Å². The van der Waals surface area contributed by atoms with Crippen LogP contribution in [0.5, 0.6) is 0 Å². The van der Waals surface area contributed by atoms with Gasteiger partial charge in [0, 0.05) is 24.7 Å². The summed E-state index contributed by atoms with van der Waals surface area (Å²) in [7, 11) is 0. The van der Waals surface area contributed by atoms with Gasteiger partial charge in [-0.15, -0.1) is 0 Å². The highest BCUT2D eigenvalue weighted by Crippen LogP contribution is 2.36. The van der Waals surface area contributed by atoms with Gasteiger partial charge in [-0.25, -0.2) is 4.39 Å². The van der Waals surface area contributed by atoms with Crippen LogP contribution in [0.1, 0.15) is 92.8 Å². The standard InChI is InChI=1S/C28H39FN4O/c1-2-24-27(26-11-3-4-15-33(26)31-24)20-12-16-32(17-13-20)18-14-25(22-9-6-10-23(29)19-22)30-28(34)21-7-5-8-21/h6,9-10,19-21,25H,2-5,7-8,11-18H2,1H3,(H,30,34)/t25-/m0/s1. The van der Waals surface area contributed by atoms with Gasteiger partial charge in [0.2, 0.25) is 5.91 Å². The third-order valence-electron chi connectivity index (χ3n) is 8.32. The SMILES string of the molecule is CCc1nn2c(c1C1CCN(CC[C@H](NC(=O)C3CCC3)c3cccc(F)c3)CC1)CCCC2. The summed E-state index contributed by atoms with van der Waals surface area (Å²) in [5.74, 6) is 0.654. The van der Waals surface area contributed by atoms with E-state index in [0.717, 1.165) is 63.8 Å². The highest BCUT2D eigenvalue weighted by Gasteiger charge is 2.30. The number of benzene rings is 1. The van der Waals surface area contributed by atoms with Crippen LogP contribution in [0.4, 0.5) is 4.39 Å². The van der Waals surface area contributed by atoms with E-state index in [4.69, 9.17) is 5.10 Å². The minimum Gasteiger partial charge on any atom is -0.349 e. The first-order chi connectivity index (χ1) is 16.6. The van der Waals surface area contributed by atoms with Gasteiger partial charge in [-0.05, 0) is 100 Å². The first kappa shape index (κ1) is 23.5. The molecule has 34 heavy (non-hydrogen) atoms. The topological polar surface area (TPSA) is 50.2 Å². The molecule has 3 heterocycles. The van der Waals surface area contributed by atoms with E-state index in [1.54, 1.807) is 17.7 Å². The molecule has 5 nitrogen and oxygen atoms in total. The van der Waals surface area contributed by atoms with Crippen molar-refractivity contribution in [2.45, 2.75) is 89.6 Å². The van der Waals surface area contributed by atoms with Gasteiger partial charge in [-0.3, -0.25) is 9.48 Å². The Balaban J connectivity index is 1.20. The Bertz CT molecular complexity index is 990. The third kappa shape index (κ3) is 5.07. The lowest BCUT2D eigenvalue weighted by atomic mass is 9.84. The van der Waals surface area contributed by atoms with E-state index in [1.807, 2.05) is 6.07 Å². The minimum absolute atomic E-state index is 0.129. The summed E-state index contributed by atoms with van der Waals surface area (Å²) in [4.78, 5) is 15.2. The van der Waals surface area contributed by atoms with E-state index in [-0.39, 0.29) is 23.7 Å². The molecular weight excluding hydrogens is 427 g/mol. The van der Waals surface area contributed by atoms with E-state index in [0.29, 0.717) is 5.92 Å². The number of amides is 1. The van der Waals surface area contributed by atoms with Crippen molar-refractivity contribution in [2.75, 3.05) is 19.6 Å². The zero-order valence-electron chi connectivity index (χ0n) is 20.6. The number of rotatable bonds is 8. The molecule has 1 amide bonds. The fourth-order valence-electron chi connectivity index (χ4n) is 6.06. The molecule has 2 aromatic rings. The van der Waals surface area contributed by atoms with Crippen molar-refractivity contribution in [3.8, 4) is 0 Å². The minimum atomic E-state index is -0.238. The largest absolute Gasteiger partial charge is 0.349 e. The summed E-state index contributed by atoms with van der Waals surface area (Å²) < 4.78 is 16.2. The van der Waals surface area contributed by atoms with E-state index in [9.17, 15) is 9.18 Å². The van der Waals surface area contributed by atoms with Gasteiger partial charge in [0.15, 0.2) is 0 Å². The van der Waals surface area contributed by atoms with Crippen LogP contribution in [0.15, 0.2) is 24.3 Å². The zero-order valence-corrected chi connectivity index (χ0v) is 20.6. The molecule has 1 aromatic heterocycles. The summed E-state index contributed by atoms with van der Waals surface area (Å²) in [5, 5.41) is 8.19. The molecule has 1 saturated heterocycles. The van der Waals surface area contributed by atoms with Gasteiger partial charge in [-0.2, -0.15) is 5.10 Å². The van der Waals surface area contributed by atoms with Crippen LogP contribution in [-0.4, -0.2) is 40.2 Å². The fourth-order valence-corrected chi connectivity index (χ4v) is 6.06. The molecule has 0 unspecified atom stereocenters. The summed E-state index contributed by atoms with van der Waals surface area (Å²) in [5.41, 5.74) is 5.26. The van der Waals surface area contributed by atoms with Crippen LogP contribution in [-0.2, 0) is 24.2 Å². The molecule has 1 N–H and O–H groups in total. The molecule has 1 aliphatic carbocycles. The Morgan fingerprint density at radius 2 is 1.97 bits per heavy atom. The second-order valence-electron chi connectivity index (χ2n) is 10.5. The highest BCUT2D eigenvalue weighted by atomic mass is 19.1. The number of hydrogen-bond donors (Lipinski definition) is 1. The number of aromatic nitrogens is 2. The van der Waals surface area contributed by atoms with Crippen molar-refractivity contribution in [1.29, 1.82) is 0 Å². The van der Waals surface area contributed by atoms with Gasteiger partial charge in [0.25, 0.3) is 0 Å². The Labute approximate surface area is 203 Å². The molecule has 2 aliphatic heterocycles. The number of nitrogens with one attached hydrogen (secondary N) is 1. The number of fused-ring (bicyclic) bond motifs is 1. The third-order valence-corrected chi connectivity index (χ3v) is 8.32. The molecule has 1 saturated carbocycles. The van der Waals surface area contributed by atoms with E-state index >= 15 is 0 Å². The Morgan fingerprint density at radius 1 is 1.15 bits per heavy atom. The van der Waals surface area contributed by atoms with Crippen molar-refractivity contribution in [2.24, 2.45) is 5.92 Å². The molecule has 184 valence electrons. The average molecular weight is 467 g/mol. The molecule has 2 fully saturated rings. The van der Waals surface area contributed by atoms with Crippen LogP contribution < -0.4 is 5.32 Å². The lowest BCUT2D eigenvalue weighted by Gasteiger charge is -2.34. The molecule has 5 rings (SSSR count). The number of hydrogen-bond acceptors (Lipinski definition) is 3. The number of carbonyl (C=O) groups excluding carboxylic acids is 1. The van der Waals surface area contributed by atoms with Gasteiger partial charge >= 0.3 is 0 Å². The predicted octanol–water partition coefficient (Wildman–Crippen LogP) is 5.15. The summed E-state index contributed by atoms with van der Waals surface area (Å²) in [6.45, 7) is 6.38. The van der Waals surface area contributed by atoms with E-state index in [1.165, 1.54) is 49.6 Å². The Kier molecular flexibility index (Phi) is 7.33. The summed E-state index contributed by atoms with van der Waals surface area (Å²) in [6.07, 6.45) is 11.0. The summed E-state index contributed by atoms with van der Waals surface area (Å²) in [6, 6.07) is 6.61. The van der Waals surface area contributed by atoms with Crippen molar-refractivity contribution < 1.29 is 9.18 Å². The molecule has 1 aromatic carbocycles. The lowest BCUT2D eigenvalue weighted by Crippen LogP contribution is -2.39.